The molecule has 3 aromatic rings. The molecule has 0 spiro atoms. The minimum absolute atomic E-state index is 0.218. The van der Waals surface area contributed by atoms with Crippen molar-refractivity contribution in [2.24, 2.45) is 0 Å². The Hall–Kier alpha value is -2.51. The van der Waals surface area contributed by atoms with Gasteiger partial charge in [0.25, 0.3) is 0 Å². The summed E-state index contributed by atoms with van der Waals surface area (Å²) in [5.74, 6) is 0. The number of thiocarbonyl (C=S) groups is 1. The second-order valence-electron chi connectivity index (χ2n) is 5.57. The summed E-state index contributed by atoms with van der Waals surface area (Å²) >= 11 is 6.84. The number of hydrogen-bond acceptors (Lipinski definition) is 2. The summed E-state index contributed by atoms with van der Waals surface area (Å²) < 4.78 is 38.5. The van der Waals surface area contributed by atoms with Crippen LogP contribution in [-0.4, -0.2) is 5.11 Å². The molecule has 0 aliphatic heterocycles. The van der Waals surface area contributed by atoms with Gasteiger partial charge in [0.15, 0.2) is 5.11 Å². The first-order valence-electron chi connectivity index (χ1n) is 7.99. The molecule has 0 saturated heterocycles. The number of hydrogen-bond donors (Lipinski definition) is 2. The van der Waals surface area contributed by atoms with Crippen LogP contribution in [0.1, 0.15) is 5.56 Å². The average molecular weight is 404 g/mol. The normalized spacial score (nSPS) is 11.1. The van der Waals surface area contributed by atoms with E-state index in [0.29, 0.717) is 0 Å². The lowest BCUT2D eigenvalue weighted by molar-refractivity contribution is -0.137. The van der Waals surface area contributed by atoms with Crippen LogP contribution in [0, 0.1) is 0 Å². The minimum atomic E-state index is -4.40. The highest BCUT2D eigenvalue weighted by molar-refractivity contribution is 7.99. The van der Waals surface area contributed by atoms with Crippen molar-refractivity contribution in [1.82, 2.24) is 0 Å². The molecule has 3 aromatic carbocycles. The third kappa shape index (κ3) is 5.48. The molecule has 0 atom stereocenters. The van der Waals surface area contributed by atoms with Crippen LogP contribution in [-0.2, 0) is 6.18 Å². The summed E-state index contributed by atoms with van der Waals surface area (Å²) in [5, 5.41) is 6.08. The van der Waals surface area contributed by atoms with E-state index in [2.05, 4.69) is 10.6 Å². The highest BCUT2D eigenvalue weighted by Gasteiger charge is 2.30. The standard InChI is InChI=1S/C20H15F3N2S2/c21-20(22,23)14-7-6-8-15(13-14)24-19(26)25-17-11-4-5-12-18(17)27-16-9-2-1-3-10-16/h1-13H,(H2,24,25,26). The van der Waals surface area contributed by atoms with Gasteiger partial charge in [0.1, 0.15) is 0 Å². The number of benzene rings is 3. The molecule has 3 rings (SSSR count). The van der Waals surface area contributed by atoms with E-state index < -0.39 is 11.7 Å². The molecule has 0 aromatic heterocycles. The second-order valence-corrected chi connectivity index (χ2v) is 7.09. The van der Waals surface area contributed by atoms with Crippen LogP contribution < -0.4 is 10.6 Å². The van der Waals surface area contributed by atoms with Gasteiger partial charge < -0.3 is 10.6 Å². The van der Waals surface area contributed by atoms with E-state index >= 15 is 0 Å². The summed E-state index contributed by atoms with van der Waals surface area (Å²) in [5.41, 5.74) is 0.321. The fourth-order valence-electron chi connectivity index (χ4n) is 2.33. The van der Waals surface area contributed by atoms with Gasteiger partial charge in [-0.3, -0.25) is 0 Å². The fourth-order valence-corrected chi connectivity index (χ4v) is 3.48. The molecule has 0 aliphatic carbocycles. The summed E-state index contributed by atoms with van der Waals surface area (Å²) in [7, 11) is 0. The van der Waals surface area contributed by atoms with Crippen molar-refractivity contribution in [2.45, 2.75) is 16.0 Å². The molecule has 0 aliphatic rings. The molecule has 138 valence electrons. The highest BCUT2D eigenvalue weighted by Crippen LogP contribution is 2.33. The van der Waals surface area contributed by atoms with Gasteiger partial charge in [0.2, 0.25) is 0 Å². The van der Waals surface area contributed by atoms with E-state index in [9.17, 15) is 13.2 Å². The lowest BCUT2D eigenvalue weighted by atomic mass is 10.2. The van der Waals surface area contributed by atoms with Gasteiger partial charge in [-0.1, -0.05) is 48.2 Å². The average Bonchev–Trinajstić information content (AvgIpc) is 2.64. The third-order valence-corrected chi connectivity index (χ3v) is 4.84. The van der Waals surface area contributed by atoms with Crippen LogP contribution in [0.15, 0.2) is 88.7 Å². The second kappa shape index (κ2) is 8.45. The largest absolute Gasteiger partial charge is 0.416 e. The van der Waals surface area contributed by atoms with E-state index in [1.165, 1.54) is 12.1 Å². The van der Waals surface area contributed by atoms with Crippen molar-refractivity contribution in [3.63, 3.8) is 0 Å². The first-order chi connectivity index (χ1) is 12.9. The zero-order valence-corrected chi connectivity index (χ0v) is 15.6. The first-order valence-corrected chi connectivity index (χ1v) is 9.21. The van der Waals surface area contributed by atoms with Crippen molar-refractivity contribution in [3.05, 3.63) is 84.4 Å². The van der Waals surface area contributed by atoms with E-state index in [1.54, 1.807) is 11.8 Å². The van der Waals surface area contributed by atoms with Crippen molar-refractivity contribution in [2.75, 3.05) is 10.6 Å². The van der Waals surface area contributed by atoms with Crippen LogP contribution >= 0.6 is 24.0 Å². The maximum Gasteiger partial charge on any atom is 0.416 e. The molecular weight excluding hydrogens is 389 g/mol. The number of para-hydroxylation sites is 1. The number of nitrogens with one attached hydrogen (secondary N) is 2. The van der Waals surface area contributed by atoms with Gasteiger partial charge in [0.05, 0.1) is 11.3 Å². The molecule has 7 heteroatoms. The third-order valence-electron chi connectivity index (χ3n) is 3.55. The topological polar surface area (TPSA) is 24.1 Å². The number of anilines is 2. The molecular formula is C20H15F3N2S2. The minimum Gasteiger partial charge on any atom is -0.332 e. The molecule has 0 unspecified atom stereocenters. The van der Waals surface area contributed by atoms with E-state index in [-0.39, 0.29) is 10.8 Å². The molecule has 0 fully saturated rings. The lowest BCUT2D eigenvalue weighted by Gasteiger charge is -2.15. The molecule has 2 nitrogen and oxygen atoms in total. The Morgan fingerprint density at radius 2 is 1.52 bits per heavy atom. The maximum atomic E-state index is 12.8. The predicted octanol–water partition coefficient (Wildman–Crippen LogP) is 6.67. The monoisotopic (exact) mass is 404 g/mol. The van der Waals surface area contributed by atoms with Crippen molar-refractivity contribution in [3.8, 4) is 0 Å². The smallest absolute Gasteiger partial charge is 0.332 e. The summed E-state index contributed by atoms with van der Waals surface area (Å²) in [6, 6.07) is 22.4. The molecule has 2 N–H and O–H groups in total. The van der Waals surface area contributed by atoms with Crippen molar-refractivity contribution < 1.29 is 13.2 Å². The zero-order chi connectivity index (χ0) is 19.3. The molecule has 0 heterocycles. The summed E-state index contributed by atoms with van der Waals surface area (Å²) in [6.07, 6.45) is -4.40. The Labute approximate surface area is 164 Å². The van der Waals surface area contributed by atoms with Crippen LogP contribution in [0.3, 0.4) is 0 Å². The Balaban J connectivity index is 1.72. The Kier molecular flexibility index (Phi) is 6.03. The SMILES string of the molecule is FC(F)(F)c1cccc(NC(=S)Nc2ccccc2Sc2ccccc2)c1. The van der Waals surface area contributed by atoms with E-state index in [0.717, 1.165) is 27.6 Å². The van der Waals surface area contributed by atoms with Crippen LogP contribution in [0.25, 0.3) is 0 Å². The highest BCUT2D eigenvalue weighted by atomic mass is 32.2. The molecule has 0 bridgehead atoms. The van der Waals surface area contributed by atoms with Gasteiger partial charge in [-0.25, -0.2) is 0 Å². The maximum absolute atomic E-state index is 12.8. The summed E-state index contributed by atoms with van der Waals surface area (Å²) in [6.45, 7) is 0. The Morgan fingerprint density at radius 1 is 0.815 bits per heavy atom. The predicted molar refractivity (Wildman–Crippen MR) is 108 cm³/mol. The molecule has 0 amide bonds. The van der Waals surface area contributed by atoms with Crippen LogP contribution in [0.5, 0.6) is 0 Å². The fraction of sp³-hybridized carbons (Fsp3) is 0.0500. The van der Waals surface area contributed by atoms with Gasteiger partial charge in [-0.2, -0.15) is 13.2 Å². The Morgan fingerprint density at radius 3 is 2.26 bits per heavy atom. The molecule has 0 saturated carbocycles. The van der Waals surface area contributed by atoms with Crippen molar-refractivity contribution in [1.29, 1.82) is 0 Å². The van der Waals surface area contributed by atoms with Gasteiger partial charge in [-0.15, -0.1) is 0 Å². The van der Waals surface area contributed by atoms with Crippen molar-refractivity contribution >= 4 is 40.5 Å². The van der Waals surface area contributed by atoms with Gasteiger partial charge >= 0.3 is 6.18 Å². The van der Waals surface area contributed by atoms with Crippen LogP contribution in [0.2, 0.25) is 0 Å². The van der Waals surface area contributed by atoms with Gasteiger partial charge in [0, 0.05) is 15.5 Å². The lowest BCUT2D eigenvalue weighted by Crippen LogP contribution is -2.19. The van der Waals surface area contributed by atoms with Gasteiger partial charge in [-0.05, 0) is 54.7 Å². The first kappa shape index (κ1) is 19.3. The zero-order valence-electron chi connectivity index (χ0n) is 14.0. The number of rotatable bonds is 4. The van der Waals surface area contributed by atoms with E-state index in [1.807, 2.05) is 54.6 Å². The Bertz CT molecular complexity index is 928. The molecule has 0 radical (unpaired) electrons. The number of halogens is 3. The number of alkyl halides is 3. The molecule has 27 heavy (non-hydrogen) atoms. The quantitative estimate of drug-likeness (QED) is 0.475. The van der Waals surface area contributed by atoms with Crippen LogP contribution in [0.4, 0.5) is 24.5 Å². The van der Waals surface area contributed by atoms with E-state index in [4.69, 9.17) is 12.2 Å². The summed E-state index contributed by atoms with van der Waals surface area (Å²) in [4.78, 5) is 2.03.